The van der Waals surface area contributed by atoms with Gasteiger partial charge in [-0.2, -0.15) is 8.42 Å². The molecule has 0 spiro atoms. The van der Waals surface area contributed by atoms with E-state index in [9.17, 15) is 22.6 Å². The van der Waals surface area contributed by atoms with Crippen LogP contribution >= 0.6 is 0 Å². The van der Waals surface area contributed by atoms with Crippen LogP contribution in [0.1, 0.15) is 31.8 Å². The highest BCUT2D eigenvalue weighted by molar-refractivity contribution is 7.86. The van der Waals surface area contributed by atoms with Crippen LogP contribution in [0.5, 0.6) is 5.75 Å². The Morgan fingerprint density at radius 3 is 2.05 bits per heavy atom. The number of hydrogen-bond donors (Lipinski definition) is 1. The molecular weight excluding hydrogens is 308 g/mol. The van der Waals surface area contributed by atoms with Crippen LogP contribution in [-0.2, 0) is 10.1 Å². The van der Waals surface area contributed by atoms with E-state index in [-0.39, 0.29) is 28.0 Å². The molecular formula is C15H10O6S. The zero-order valence-corrected chi connectivity index (χ0v) is 12.2. The van der Waals surface area contributed by atoms with Gasteiger partial charge in [-0.15, -0.1) is 0 Å². The first kappa shape index (κ1) is 14.4. The Balaban J connectivity index is 2.39. The molecule has 3 rings (SSSR count). The number of hydrogen-bond acceptors (Lipinski definition) is 5. The highest BCUT2D eigenvalue weighted by atomic mass is 32.2. The third-order valence-corrected chi connectivity index (χ3v) is 4.37. The van der Waals surface area contributed by atoms with Crippen molar-refractivity contribution in [2.45, 2.75) is 4.90 Å². The largest absolute Gasteiger partial charge is 0.494 e. The molecule has 112 valence electrons. The van der Waals surface area contributed by atoms with Crippen LogP contribution in [0.4, 0.5) is 0 Å². The van der Waals surface area contributed by atoms with Crippen molar-refractivity contribution in [1.82, 2.24) is 0 Å². The minimum absolute atomic E-state index is 0.0490. The standard InChI is InChI=1S/C15H10O6S/c1-21-15-11(22(18,19)20)7-6-10-12(15)14(17)9-5-3-2-4-8(9)13(10)16/h2-7H,1H3,(H,18,19,20). The Morgan fingerprint density at radius 2 is 1.50 bits per heavy atom. The van der Waals surface area contributed by atoms with E-state index < -0.39 is 26.6 Å². The zero-order valence-electron chi connectivity index (χ0n) is 11.4. The van der Waals surface area contributed by atoms with Crippen molar-refractivity contribution >= 4 is 21.7 Å². The predicted octanol–water partition coefficient (Wildman–Crippen LogP) is 1.72. The van der Waals surface area contributed by atoms with Gasteiger partial charge in [0.05, 0.1) is 12.7 Å². The molecule has 0 aromatic heterocycles. The molecule has 0 radical (unpaired) electrons. The van der Waals surface area contributed by atoms with E-state index in [0.29, 0.717) is 0 Å². The SMILES string of the molecule is COc1c(S(=O)(=O)O)ccc2c1C(=O)c1ccccc1C2=O. The molecule has 22 heavy (non-hydrogen) atoms. The summed E-state index contributed by atoms with van der Waals surface area (Å²) in [5.74, 6) is -1.24. The van der Waals surface area contributed by atoms with Gasteiger partial charge in [0.15, 0.2) is 17.3 Å². The van der Waals surface area contributed by atoms with Crippen molar-refractivity contribution in [3.05, 3.63) is 58.7 Å². The van der Waals surface area contributed by atoms with E-state index in [2.05, 4.69) is 0 Å². The van der Waals surface area contributed by atoms with Gasteiger partial charge < -0.3 is 4.74 Å². The van der Waals surface area contributed by atoms with Gasteiger partial charge in [0.2, 0.25) is 0 Å². The summed E-state index contributed by atoms with van der Waals surface area (Å²) in [7, 11) is -3.42. The van der Waals surface area contributed by atoms with Crippen LogP contribution in [0.15, 0.2) is 41.3 Å². The van der Waals surface area contributed by atoms with E-state index in [4.69, 9.17) is 4.74 Å². The summed E-state index contributed by atoms with van der Waals surface area (Å²) in [6, 6.07) is 8.51. The summed E-state index contributed by atoms with van der Waals surface area (Å²) in [6.45, 7) is 0. The quantitative estimate of drug-likeness (QED) is 0.722. The Morgan fingerprint density at radius 1 is 0.909 bits per heavy atom. The summed E-state index contributed by atoms with van der Waals surface area (Å²) in [4.78, 5) is 24.5. The number of ketones is 2. The van der Waals surface area contributed by atoms with E-state index >= 15 is 0 Å². The normalized spacial score (nSPS) is 13.5. The van der Waals surface area contributed by atoms with Gasteiger partial charge in [0, 0.05) is 16.7 Å². The molecule has 0 bridgehead atoms. The third-order valence-electron chi connectivity index (χ3n) is 3.49. The number of fused-ring (bicyclic) bond motifs is 2. The molecule has 6 nitrogen and oxygen atoms in total. The van der Waals surface area contributed by atoms with Crippen molar-refractivity contribution in [3.63, 3.8) is 0 Å². The minimum atomic E-state index is -4.59. The van der Waals surface area contributed by atoms with Crippen molar-refractivity contribution in [1.29, 1.82) is 0 Å². The van der Waals surface area contributed by atoms with Crippen molar-refractivity contribution in [2.24, 2.45) is 0 Å². The fourth-order valence-electron chi connectivity index (χ4n) is 2.54. The summed E-state index contributed by atoms with van der Waals surface area (Å²) in [6.07, 6.45) is 0. The van der Waals surface area contributed by atoms with Crippen LogP contribution in [0.25, 0.3) is 0 Å². The fourth-order valence-corrected chi connectivity index (χ4v) is 3.20. The van der Waals surface area contributed by atoms with Gasteiger partial charge in [-0.1, -0.05) is 24.3 Å². The van der Waals surface area contributed by atoms with Gasteiger partial charge in [-0.3, -0.25) is 14.1 Å². The highest BCUT2D eigenvalue weighted by Crippen LogP contribution is 2.37. The average molecular weight is 318 g/mol. The molecule has 1 aliphatic rings. The van der Waals surface area contributed by atoms with Crippen molar-refractivity contribution in [3.8, 4) is 5.75 Å². The zero-order chi connectivity index (χ0) is 16.1. The molecule has 0 heterocycles. The summed E-state index contributed by atoms with van der Waals surface area (Å²) >= 11 is 0. The van der Waals surface area contributed by atoms with Crippen LogP contribution in [-0.4, -0.2) is 31.6 Å². The molecule has 2 aromatic carbocycles. The maximum absolute atomic E-state index is 12.6. The lowest BCUT2D eigenvalue weighted by Gasteiger charge is -2.20. The Labute approximate surface area is 126 Å². The number of carbonyl (C=O) groups excluding carboxylic acids is 2. The number of ether oxygens (including phenoxy) is 1. The first-order chi connectivity index (χ1) is 10.4. The number of rotatable bonds is 2. The molecule has 0 saturated carbocycles. The predicted molar refractivity (Wildman–Crippen MR) is 76.1 cm³/mol. The number of benzene rings is 2. The summed E-state index contributed by atoms with van der Waals surface area (Å²) < 4.78 is 37.1. The van der Waals surface area contributed by atoms with E-state index in [1.807, 2.05) is 0 Å². The topological polar surface area (TPSA) is 97.7 Å². The maximum atomic E-state index is 12.6. The molecule has 0 amide bonds. The van der Waals surface area contributed by atoms with Crippen molar-refractivity contribution < 1.29 is 27.3 Å². The summed E-state index contributed by atoms with van der Waals surface area (Å²) in [5, 5.41) is 0. The van der Waals surface area contributed by atoms with Gasteiger partial charge in [-0.05, 0) is 12.1 Å². The maximum Gasteiger partial charge on any atom is 0.298 e. The van der Waals surface area contributed by atoms with Gasteiger partial charge in [-0.25, -0.2) is 0 Å². The molecule has 2 aromatic rings. The lowest BCUT2D eigenvalue weighted by atomic mass is 9.83. The molecule has 0 aliphatic heterocycles. The Bertz CT molecular complexity index is 927. The van der Waals surface area contributed by atoms with Crippen LogP contribution < -0.4 is 4.74 Å². The molecule has 1 aliphatic carbocycles. The number of carbonyl (C=O) groups is 2. The fraction of sp³-hybridized carbons (Fsp3) is 0.0667. The lowest BCUT2D eigenvalue weighted by Crippen LogP contribution is -2.22. The van der Waals surface area contributed by atoms with E-state index in [1.54, 1.807) is 12.1 Å². The smallest absolute Gasteiger partial charge is 0.298 e. The molecule has 0 unspecified atom stereocenters. The molecule has 0 saturated heterocycles. The van der Waals surface area contributed by atoms with Gasteiger partial charge in [0.1, 0.15) is 4.90 Å². The minimum Gasteiger partial charge on any atom is -0.494 e. The summed E-state index contributed by atoms with van der Waals surface area (Å²) in [5.41, 5.74) is 0.321. The second kappa shape index (κ2) is 4.75. The highest BCUT2D eigenvalue weighted by Gasteiger charge is 2.35. The second-order valence-electron chi connectivity index (χ2n) is 4.70. The Hall–Kier alpha value is -2.51. The molecule has 1 N–H and O–H groups in total. The number of methoxy groups -OCH3 is 1. The second-order valence-corrected chi connectivity index (χ2v) is 6.09. The van der Waals surface area contributed by atoms with Gasteiger partial charge >= 0.3 is 0 Å². The third kappa shape index (κ3) is 1.94. The molecule has 0 fully saturated rings. The van der Waals surface area contributed by atoms with Crippen LogP contribution in [0.2, 0.25) is 0 Å². The average Bonchev–Trinajstić information content (AvgIpc) is 2.50. The van der Waals surface area contributed by atoms with Crippen molar-refractivity contribution in [2.75, 3.05) is 7.11 Å². The molecule has 7 heteroatoms. The Kier molecular flexibility index (Phi) is 3.12. The monoisotopic (exact) mass is 318 g/mol. The molecule has 0 atom stereocenters. The lowest BCUT2D eigenvalue weighted by molar-refractivity contribution is 0.0976. The van der Waals surface area contributed by atoms with Crippen LogP contribution in [0, 0.1) is 0 Å². The van der Waals surface area contributed by atoms with E-state index in [1.165, 1.54) is 25.3 Å². The van der Waals surface area contributed by atoms with E-state index in [0.717, 1.165) is 6.07 Å². The first-order valence-electron chi connectivity index (χ1n) is 6.23. The first-order valence-corrected chi connectivity index (χ1v) is 7.67. The van der Waals surface area contributed by atoms with Gasteiger partial charge in [0.25, 0.3) is 10.1 Å². The van der Waals surface area contributed by atoms with Crippen LogP contribution in [0.3, 0.4) is 0 Å².